The van der Waals surface area contributed by atoms with Gasteiger partial charge in [-0.05, 0) is 50.7 Å². The zero-order valence-corrected chi connectivity index (χ0v) is 9.12. The van der Waals surface area contributed by atoms with E-state index in [1.54, 1.807) is 0 Å². The Balaban J connectivity index is 2.12. The minimum Gasteiger partial charge on any atom is -0.317 e. The molecule has 1 aliphatic carbocycles. The smallest absolute Gasteiger partial charge is 0.00923 e. The maximum Gasteiger partial charge on any atom is 0.00923 e. The molecular weight excluding hydrogens is 166 g/mol. The molecular formula is C10H21NS. The fraction of sp³-hybridized carbons (Fsp3) is 1.00. The fourth-order valence-corrected chi connectivity index (χ4v) is 2.71. The van der Waals surface area contributed by atoms with Crippen molar-refractivity contribution in [3.8, 4) is 0 Å². The first-order valence-electron chi connectivity index (χ1n) is 5.04. The molecule has 0 aromatic heterocycles. The average molecular weight is 187 g/mol. The molecule has 0 amide bonds. The molecule has 2 heteroatoms. The first-order chi connectivity index (χ1) is 5.88. The Labute approximate surface area is 80.7 Å². The number of rotatable bonds is 5. The van der Waals surface area contributed by atoms with E-state index < -0.39 is 0 Å². The van der Waals surface area contributed by atoms with Crippen molar-refractivity contribution in [2.24, 2.45) is 5.92 Å². The minimum absolute atomic E-state index is 0.826. The molecule has 12 heavy (non-hydrogen) atoms. The van der Waals surface area contributed by atoms with Crippen LogP contribution in [0.2, 0.25) is 0 Å². The molecule has 1 aliphatic rings. The monoisotopic (exact) mass is 187 g/mol. The number of hydrogen-bond donors (Lipinski definition) is 1. The van der Waals surface area contributed by atoms with Crippen molar-refractivity contribution < 1.29 is 0 Å². The number of nitrogens with one attached hydrogen (secondary N) is 1. The number of hydrogen-bond acceptors (Lipinski definition) is 2. The van der Waals surface area contributed by atoms with Crippen molar-refractivity contribution in [1.29, 1.82) is 0 Å². The molecule has 0 saturated heterocycles. The van der Waals surface area contributed by atoms with Gasteiger partial charge in [-0.1, -0.05) is 6.42 Å². The van der Waals surface area contributed by atoms with Gasteiger partial charge in [-0.25, -0.2) is 0 Å². The summed E-state index contributed by atoms with van der Waals surface area (Å²) < 4.78 is 0. The van der Waals surface area contributed by atoms with E-state index in [9.17, 15) is 0 Å². The SMILES string of the molecule is CNC1CCCC1CCCSC. The third-order valence-electron chi connectivity index (χ3n) is 2.95. The molecule has 1 saturated carbocycles. The zero-order valence-electron chi connectivity index (χ0n) is 8.31. The molecule has 0 bridgehead atoms. The Morgan fingerprint density at radius 2 is 2.25 bits per heavy atom. The van der Waals surface area contributed by atoms with Gasteiger partial charge in [0.05, 0.1) is 0 Å². The van der Waals surface area contributed by atoms with Crippen LogP contribution in [0, 0.1) is 5.92 Å². The summed E-state index contributed by atoms with van der Waals surface area (Å²) in [6.07, 6.45) is 9.34. The Morgan fingerprint density at radius 1 is 1.42 bits per heavy atom. The molecule has 2 atom stereocenters. The maximum absolute atomic E-state index is 3.43. The topological polar surface area (TPSA) is 12.0 Å². The highest BCUT2D eigenvalue weighted by molar-refractivity contribution is 7.98. The molecule has 0 aromatic rings. The summed E-state index contributed by atoms with van der Waals surface area (Å²) in [5.74, 6) is 2.31. The second-order valence-corrected chi connectivity index (χ2v) is 4.71. The summed E-state index contributed by atoms with van der Waals surface area (Å²) in [6.45, 7) is 0. The Bertz CT molecular complexity index is 116. The highest BCUT2D eigenvalue weighted by atomic mass is 32.2. The summed E-state index contributed by atoms with van der Waals surface area (Å²) in [7, 11) is 2.11. The van der Waals surface area contributed by atoms with E-state index >= 15 is 0 Å². The molecule has 2 unspecified atom stereocenters. The second-order valence-electron chi connectivity index (χ2n) is 3.72. The molecule has 1 N–H and O–H groups in total. The van der Waals surface area contributed by atoms with E-state index in [1.807, 2.05) is 11.8 Å². The standard InChI is InChI=1S/C10H21NS/c1-11-10-7-3-5-9(10)6-4-8-12-2/h9-11H,3-8H2,1-2H3. The third-order valence-corrected chi connectivity index (χ3v) is 3.65. The second kappa shape index (κ2) is 5.87. The van der Waals surface area contributed by atoms with Gasteiger partial charge < -0.3 is 5.32 Å². The first-order valence-corrected chi connectivity index (χ1v) is 6.44. The minimum atomic E-state index is 0.826. The van der Waals surface area contributed by atoms with Gasteiger partial charge in [0.1, 0.15) is 0 Å². The van der Waals surface area contributed by atoms with Crippen LogP contribution >= 0.6 is 11.8 Å². The lowest BCUT2D eigenvalue weighted by Crippen LogP contribution is -2.28. The van der Waals surface area contributed by atoms with Crippen LogP contribution in [0.3, 0.4) is 0 Å². The molecule has 1 rings (SSSR count). The van der Waals surface area contributed by atoms with E-state index in [0.29, 0.717) is 0 Å². The van der Waals surface area contributed by atoms with Gasteiger partial charge in [0, 0.05) is 6.04 Å². The van der Waals surface area contributed by atoms with Gasteiger partial charge >= 0.3 is 0 Å². The molecule has 1 fully saturated rings. The Morgan fingerprint density at radius 3 is 2.92 bits per heavy atom. The lowest BCUT2D eigenvalue weighted by Gasteiger charge is -2.18. The number of thioether (sulfide) groups is 1. The molecule has 1 nitrogen and oxygen atoms in total. The van der Waals surface area contributed by atoms with Gasteiger partial charge in [-0.15, -0.1) is 0 Å². The summed E-state index contributed by atoms with van der Waals surface area (Å²) in [5, 5.41) is 3.43. The van der Waals surface area contributed by atoms with Gasteiger partial charge in [0.25, 0.3) is 0 Å². The van der Waals surface area contributed by atoms with E-state index in [4.69, 9.17) is 0 Å². The Hall–Kier alpha value is 0.310. The van der Waals surface area contributed by atoms with Crippen LogP contribution in [-0.2, 0) is 0 Å². The molecule has 0 radical (unpaired) electrons. The summed E-state index contributed by atoms with van der Waals surface area (Å²) in [5.41, 5.74) is 0. The van der Waals surface area contributed by atoms with Crippen LogP contribution < -0.4 is 5.32 Å². The summed E-state index contributed by atoms with van der Waals surface area (Å²) in [6, 6.07) is 0.826. The van der Waals surface area contributed by atoms with E-state index in [2.05, 4.69) is 18.6 Å². The molecule has 0 spiro atoms. The zero-order chi connectivity index (χ0) is 8.81. The highest BCUT2D eigenvalue weighted by Gasteiger charge is 2.24. The third kappa shape index (κ3) is 2.98. The fourth-order valence-electron chi connectivity index (χ4n) is 2.25. The van der Waals surface area contributed by atoms with Crippen LogP contribution in [0.25, 0.3) is 0 Å². The van der Waals surface area contributed by atoms with Gasteiger partial charge in [0.15, 0.2) is 0 Å². The molecule has 0 heterocycles. The van der Waals surface area contributed by atoms with E-state index in [-0.39, 0.29) is 0 Å². The molecule has 0 aliphatic heterocycles. The summed E-state index contributed by atoms with van der Waals surface area (Å²) >= 11 is 1.97. The lowest BCUT2D eigenvalue weighted by molar-refractivity contribution is 0.398. The quantitative estimate of drug-likeness (QED) is 0.664. The van der Waals surface area contributed by atoms with E-state index in [0.717, 1.165) is 12.0 Å². The van der Waals surface area contributed by atoms with Crippen molar-refractivity contribution in [3.05, 3.63) is 0 Å². The predicted octanol–water partition coefficient (Wildman–Crippen LogP) is 2.52. The van der Waals surface area contributed by atoms with E-state index in [1.165, 1.54) is 37.9 Å². The van der Waals surface area contributed by atoms with Crippen molar-refractivity contribution in [3.63, 3.8) is 0 Å². The maximum atomic E-state index is 3.43. The van der Waals surface area contributed by atoms with Crippen LogP contribution in [0.15, 0.2) is 0 Å². The molecule has 0 aromatic carbocycles. The lowest BCUT2D eigenvalue weighted by atomic mass is 9.98. The van der Waals surface area contributed by atoms with Crippen LogP contribution in [0.4, 0.5) is 0 Å². The normalized spacial score (nSPS) is 29.5. The largest absolute Gasteiger partial charge is 0.317 e. The van der Waals surface area contributed by atoms with Crippen molar-refractivity contribution in [1.82, 2.24) is 5.32 Å². The van der Waals surface area contributed by atoms with Crippen LogP contribution in [0.1, 0.15) is 32.1 Å². The van der Waals surface area contributed by atoms with Crippen LogP contribution in [-0.4, -0.2) is 25.1 Å². The van der Waals surface area contributed by atoms with Crippen molar-refractivity contribution >= 4 is 11.8 Å². The van der Waals surface area contributed by atoms with Gasteiger partial charge in [0.2, 0.25) is 0 Å². The van der Waals surface area contributed by atoms with Crippen molar-refractivity contribution in [2.45, 2.75) is 38.1 Å². The van der Waals surface area contributed by atoms with Crippen molar-refractivity contribution in [2.75, 3.05) is 19.1 Å². The average Bonchev–Trinajstić information content (AvgIpc) is 2.52. The van der Waals surface area contributed by atoms with Crippen LogP contribution in [0.5, 0.6) is 0 Å². The Kier molecular flexibility index (Phi) is 5.08. The predicted molar refractivity (Wildman–Crippen MR) is 57.8 cm³/mol. The highest BCUT2D eigenvalue weighted by Crippen LogP contribution is 2.29. The van der Waals surface area contributed by atoms with Gasteiger partial charge in [-0.2, -0.15) is 11.8 Å². The first kappa shape index (κ1) is 10.4. The molecule has 72 valence electrons. The summed E-state index contributed by atoms with van der Waals surface area (Å²) in [4.78, 5) is 0. The van der Waals surface area contributed by atoms with Gasteiger partial charge in [-0.3, -0.25) is 0 Å².